The molecule has 0 saturated carbocycles. The first-order valence-corrected chi connectivity index (χ1v) is 11.4. The molecule has 1 amide bonds. The van der Waals surface area contributed by atoms with E-state index in [-0.39, 0.29) is 16.5 Å². The first-order valence-electron chi connectivity index (χ1n) is 9.99. The number of nitro groups is 1. The molecule has 1 fully saturated rings. The molecule has 4 rings (SSSR count). The van der Waals surface area contributed by atoms with Crippen LogP contribution in [0.25, 0.3) is 0 Å². The Morgan fingerprint density at radius 2 is 1.77 bits per heavy atom. The number of fused-ring (bicyclic) bond motifs is 1. The Balaban J connectivity index is 1.66. The number of aryl methyl sites for hydroxylation is 2. The largest absolute Gasteiger partial charge is 0.308 e. The Morgan fingerprint density at radius 3 is 2.43 bits per heavy atom. The summed E-state index contributed by atoms with van der Waals surface area (Å²) in [5, 5.41) is 11.0. The van der Waals surface area contributed by atoms with E-state index in [9.17, 15) is 23.3 Å². The fraction of sp³-hybridized carbons (Fsp3) is 0.381. The van der Waals surface area contributed by atoms with E-state index in [1.807, 2.05) is 0 Å². The van der Waals surface area contributed by atoms with Gasteiger partial charge in [0.25, 0.3) is 11.6 Å². The van der Waals surface area contributed by atoms with Gasteiger partial charge in [-0.1, -0.05) is 0 Å². The van der Waals surface area contributed by atoms with E-state index in [0.717, 1.165) is 24.8 Å². The molecule has 30 heavy (non-hydrogen) atoms. The summed E-state index contributed by atoms with van der Waals surface area (Å²) >= 11 is 0. The summed E-state index contributed by atoms with van der Waals surface area (Å²) in [5.74, 6) is -0.238. The molecule has 2 aliphatic rings. The van der Waals surface area contributed by atoms with Crippen molar-refractivity contribution in [3.05, 3.63) is 63.2 Å². The third-order valence-electron chi connectivity index (χ3n) is 5.77. The number of carbonyl (C=O) groups excluding carboxylic acids is 1. The lowest BCUT2D eigenvalue weighted by molar-refractivity contribution is -0.384. The molecule has 0 atom stereocenters. The normalized spacial score (nSPS) is 17.0. The SMILES string of the molecule is Cc1cc([N+](=O)[O-])ccc1C(=O)N1CCCc2cc(S(=O)(=O)N3CCCC3)ccc21. The van der Waals surface area contributed by atoms with Crippen molar-refractivity contribution in [1.82, 2.24) is 4.31 Å². The van der Waals surface area contributed by atoms with Crippen LogP contribution in [0.3, 0.4) is 0 Å². The Bertz CT molecular complexity index is 1120. The van der Waals surface area contributed by atoms with Crippen LogP contribution in [0.5, 0.6) is 0 Å². The second-order valence-corrected chi connectivity index (χ2v) is 9.66. The van der Waals surface area contributed by atoms with Gasteiger partial charge in [0.15, 0.2) is 0 Å². The molecule has 2 aliphatic heterocycles. The van der Waals surface area contributed by atoms with Crippen LogP contribution in [0.4, 0.5) is 11.4 Å². The van der Waals surface area contributed by atoms with Crippen LogP contribution in [-0.2, 0) is 16.4 Å². The Kier molecular flexibility index (Phi) is 5.33. The van der Waals surface area contributed by atoms with Gasteiger partial charge in [-0.25, -0.2) is 8.42 Å². The van der Waals surface area contributed by atoms with Crippen molar-refractivity contribution in [2.45, 2.75) is 37.5 Å². The molecule has 0 spiro atoms. The van der Waals surface area contributed by atoms with Crippen molar-refractivity contribution in [3.8, 4) is 0 Å². The Morgan fingerprint density at radius 1 is 1.03 bits per heavy atom. The highest BCUT2D eigenvalue weighted by Crippen LogP contribution is 2.33. The van der Waals surface area contributed by atoms with E-state index in [4.69, 9.17) is 0 Å². The van der Waals surface area contributed by atoms with Gasteiger partial charge < -0.3 is 4.90 Å². The van der Waals surface area contributed by atoms with Gasteiger partial charge in [-0.2, -0.15) is 4.31 Å². The molecule has 0 aromatic heterocycles. The maximum Gasteiger partial charge on any atom is 0.269 e. The maximum atomic E-state index is 13.2. The summed E-state index contributed by atoms with van der Waals surface area (Å²) in [5.41, 5.74) is 2.41. The minimum Gasteiger partial charge on any atom is -0.308 e. The number of hydrogen-bond acceptors (Lipinski definition) is 5. The van der Waals surface area contributed by atoms with Gasteiger partial charge in [-0.3, -0.25) is 14.9 Å². The van der Waals surface area contributed by atoms with Crippen LogP contribution in [0.2, 0.25) is 0 Å². The van der Waals surface area contributed by atoms with Crippen molar-refractivity contribution in [3.63, 3.8) is 0 Å². The Hall–Kier alpha value is -2.78. The van der Waals surface area contributed by atoms with Crippen LogP contribution < -0.4 is 4.90 Å². The van der Waals surface area contributed by atoms with Crippen molar-refractivity contribution < 1.29 is 18.1 Å². The van der Waals surface area contributed by atoms with Crippen LogP contribution in [0.1, 0.15) is 40.7 Å². The molecular weight excluding hydrogens is 406 g/mol. The summed E-state index contributed by atoms with van der Waals surface area (Å²) in [7, 11) is -3.52. The van der Waals surface area contributed by atoms with Gasteiger partial charge in [-0.05, 0) is 68.0 Å². The second-order valence-electron chi connectivity index (χ2n) is 7.72. The minimum absolute atomic E-state index is 0.0557. The first-order chi connectivity index (χ1) is 14.3. The van der Waals surface area contributed by atoms with Crippen LogP contribution in [-0.4, -0.2) is 43.2 Å². The second kappa shape index (κ2) is 7.81. The van der Waals surface area contributed by atoms with E-state index in [0.29, 0.717) is 42.9 Å². The predicted octanol–water partition coefficient (Wildman–Crippen LogP) is 3.28. The summed E-state index contributed by atoms with van der Waals surface area (Å²) in [4.78, 5) is 25.6. The van der Waals surface area contributed by atoms with Gasteiger partial charge in [-0.15, -0.1) is 0 Å². The van der Waals surface area contributed by atoms with Crippen molar-refractivity contribution in [2.24, 2.45) is 0 Å². The minimum atomic E-state index is -3.52. The molecule has 2 aromatic carbocycles. The predicted molar refractivity (Wildman–Crippen MR) is 112 cm³/mol. The standard InChI is InChI=1S/C21H23N3O5S/c1-15-13-17(24(26)27)6-8-19(15)21(25)23-12-4-5-16-14-18(7-9-20(16)23)30(28,29)22-10-2-3-11-22/h6-9,13-14H,2-5,10-12H2,1H3. The molecule has 0 bridgehead atoms. The molecule has 8 nitrogen and oxygen atoms in total. The Labute approximate surface area is 175 Å². The molecule has 2 aromatic rings. The molecular formula is C21H23N3O5S. The molecule has 2 heterocycles. The summed E-state index contributed by atoms with van der Waals surface area (Å²) < 4.78 is 27.3. The van der Waals surface area contributed by atoms with E-state index in [1.54, 1.807) is 30.0 Å². The highest BCUT2D eigenvalue weighted by atomic mass is 32.2. The van der Waals surface area contributed by atoms with Gasteiger partial charge in [0.2, 0.25) is 10.0 Å². The maximum absolute atomic E-state index is 13.2. The van der Waals surface area contributed by atoms with E-state index < -0.39 is 14.9 Å². The lowest BCUT2D eigenvalue weighted by Crippen LogP contribution is -2.36. The molecule has 0 unspecified atom stereocenters. The fourth-order valence-electron chi connectivity index (χ4n) is 4.17. The molecule has 0 N–H and O–H groups in total. The number of rotatable bonds is 4. The lowest BCUT2D eigenvalue weighted by atomic mass is 9.99. The summed E-state index contributed by atoms with van der Waals surface area (Å²) in [6.07, 6.45) is 3.17. The number of benzene rings is 2. The average Bonchev–Trinajstić information content (AvgIpc) is 3.28. The highest BCUT2D eigenvalue weighted by Gasteiger charge is 2.30. The molecule has 9 heteroatoms. The quantitative estimate of drug-likeness (QED) is 0.548. The smallest absolute Gasteiger partial charge is 0.269 e. The number of nitrogens with zero attached hydrogens (tertiary/aromatic N) is 3. The van der Waals surface area contributed by atoms with E-state index >= 15 is 0 Å². The first kappa shape index (κ1) is 20.5. The zero-order valence-electron chi connectivity index (χ0n) is 16.7. The van der Waals surface area contributed by atoms with Gasteiger partial charge in [0.1, 0.15) is 0 Å². The zero-order chi connectivity index (χ0) is 21.5. The molecule has 0 radical (unpaired) electrons. The number of anilines is 1. The number of carbonyl (C=O) groups is 1. The number of non-ortho nitro benzene ring substituents is 1. The molecule has 1 saturated heterocycles. The average molecular weight is 429 g/mol. The van der Waals surface area contributed by atoms with Gasteiger partial charge in [0.05, 0.1) is 9.82 Å². The van der Waals surface area contributed by atoms with E-state index in [2.05, 4.69) is 0 Å². The topological polar surface area (TPSA) is 101 Å². The summed E-state index contributed by atoms with van der Waals surface area (Å²) in [6.45, 7) is 3.28. The third-order valence-corrected chi connectivity index (χ3v) is 7.66. The molecule has 158 valence electrons. The van der Waals surface area contributed by atoms with Crippen molar-refractivity contribution in [2.75, 3.05) is 24.5 Å². The van der Waals surface area contributed by atoms with Crippen molar-refractivity contribution in [1.29, 1.82) is 0 Å². The highest BCUT2D eigenvalue weighted by molar-refractivity contribution is 7.89. The van der Waals surface area contributed by atoms with Gasteiger partial charge >= 0.3 is 0 Å². The number of nitro benzene ring substituents is 1. The molecule has 0 aliphatic carbocycles. The lowest BCUT2D eigenvalue weighted by Gasteiger charge is -2.30. The van der Waals surface area contributed by atoms with E-state index in [1.165, 1.54) is 22.5 Å². The number of hydrogen-bond donors (Lipinski definition) is 0. The summed E-state index contributed by atoms with van der Waals surface area (Å²) in [6, 6.07) is 9.17. The zero-order valence-corrected chi connectivity index (χ0v) is 17.5. The monoisotopic (exact) mass is 429 g/mol. The van der Waals surface area contributed by atoms with Gasteiger partial charge in [0, 0.05) is 43.0 Å². The third kappa shape index (κ3) is 3.59. The fourth-order valence-corrected chi connectivity index (χ4v) is 5.74. The number of amides is 1. The van der Waals surface area contributed by atoms with Crippen LogP contribution in [0.15, 0.2) is 41.3 Å². The number of sulfonamides is 1. The van der Waals surface area contributed by atoms with Crippen LogP contribution >= 0.6 is 0 Å². The van der Waals surface area contributed by atoms with Crippen LogP contribution in [0, 0.1) is 17.0 Å². The van der Waals surface area contributed by atoms with Crippen molar-refractivity contribution >= 4 is 27.3 Å².